The quantitative estimate of drug-likeness (QED) is 0.602. The van der Waals surface area contributed by atoms with Crippen molar-refractivity contribution < 1.29 is 24.2 Å². The zero-order valence-electron chi connectivity index (χ0n) is 8.48. The minimum absolute atomic E-state index is 0.158. The van der Waals surface area contributed by atoms with E-state index in [1.165, 1.54) is 11.8 Å². The van der Waals surface area contributed by atoms with Gasteiger partial charge < -0.3 is 15.2 Å². The second-order valence-corrected chi connectivity index (χ2v) is 3.54. The van der Waals surface area contributed by atoms with E-state index in [-0.39, 0.29) is 12.2 Å². The summed E-state index contributed by atoms with van der Waals surface area (Å²) in [6.07, 6.45) is 1.35. The highest BCUT2D eigenvalue weighted by molar-refractivity contribution is 7.99. The fourth-order valence-corrected chi connectivity index (χ4v) is 1.16. The zero-order valence-corrected chi connectivity index (χ0v) is 9.30. The smallest absolute Gasteiger partial charge is 0.326 e. The molecule has 0 bridgehead atoms. The Labute approximate surface area is 91.4 Å². The van der Waals surface area contributed by atoms with Crippen molar-refractivity contribution in [2.24, 2.45) is 0 Å². The number of carboxylic acids is 1. The Bertz CT molecular complexity index is 255. The predicted octanol–water partition coefficient (Wildman–Crippen LogP) is -0.518. The minimum atomic E-state index is -1.25. The van der Waals surface area contributed by atoms with Gasteiger partial charge in [-0.3, -0.25) is 9.59 Å². The molecular formula is C8H13NO5S. The fraction of sp³-hybridized carbons (Fsp3) is 0.625. The summed E-state index contributed by atoms with van der Waals surface area (Å²) in [4.78, 5) is 32.6. The molecular weight excluding hydrogens is 222 g/mol. The largest absolute Gasteiger partial charge is 0.480 e. The number of carboxylic acid groups (broad SMARTS) is 1. The fourth-order valence-electron chi connectivity index (χ4n) is 0.817. The number of esters is 1. The van der Waals surface area contributed by atoms with Gasteiger partial charge in [0.2, 0.25) is 5.91 Å². The molecule has 0 fully saturated rings. The average Bonchev–Trinajstić information content (AvgIpc) is 2.16. The summed E-state index contributed by atoms with van der Waals surface area (Å²) < 4.78 is 4.31. The third-order valence-electron chi connectivity index (χ3n) is 1.51. The molecule has 0 spiro atoms. The van der Waals surface area contributed by atoms with E-state index in [0.717, 1.165) is 7.11 Å². The molecule has 1 atom stereocenters. The van der Waals surface area contributed by atoms with E-state index in [4.69, 9.17) is 5.11 Å². The van der Waals surface area contributed by atoms with Crippen molar-refractivity contribution in [2.75, 3.05) is 19.1 Å². The molecule has 0 heterocycles. The first-order valence-electron chi connectivity index (χ1n) is 4.09. The molecule has 0 rings (SSSR count). The Morgan fingerprint density at radius 1 is 1.47 bits per heavy atom. The van der Waals surface area contributed by atoms with Crippen molar-refractivity contribution in [3.63, 3.8) is 0 Å². The summed E-state index contributed by atoms with van der Waals surface area (Å²) in [5.41, 5.74) is 0. The van der Waals surface area contributed by atoms with Crippen LogP contribution in [0.3, 0.4) is 0 Å². The molecule has 0 saturated carbocycles. The molecule has 0 aliphatic heterocycles. The lowest BCUT2D eigenvalue weighted by Crippen LogP contribution is -2.43. The molecule has 0 aliphatic carbocycles. The molecule has 2 N–H and O–H groups in total. The van der Waals surface area contributed by atoms with E-state index in [0.29, 0.717) is 0 Å². The van der Waals surface area contributed by atoms with Gasteiger partial charge in [0.25, 0.3) is 0 Å². The molecule has 0 aromatic carbocycles. The lowest BCUT2D eigenvalue weighted by molar-refractivity contribution is -0.148. The number of carbonyl (C=O) groups excluding carboxylic acids is 2. The lowest BCUT2D eigenvalue weighted by Gasteiger charge is -2.12. The highest BCUT2D eigenvalue weighted by atomic mass is 32.2. The number of hydrogen-bond acceptors (Lipinski definition) is 5. The SMILES string of the molecule is COC(=O)C[C@H](NC(=O)CSC)C(=O)O. The number of thioether (sulfide) groups is 1. The lowest BCUT2D eigenvalue weighted by atomic mass is 10.2. The average molecular weight is 235 g/mol. The first kappa shape index (κ1) is 13.8. The summed E-state index contributed by atoms with van der Waals surface area (Å²) in [7, 11) is 1.16. The van der Waals surface area contributed by atoms with Crippen LogP contribution >= 0.6 is 11.8 Å². The van der Waals surface area contributed by atoms with Crippen LogP contribution in [0.15, 0.2) is 0 Å². The van der Waals surface area contributed by atoms with E-state index in [9.17, 15) is 14.4 Å². The van der Waals surface area contributed by atoms with Crippen LogP contribution in [0.25, 0.3) is 0 Å². The molecule has 0 aromatic heterocycles. The summed E-state index contributed by atoms with van der Waals surface area (Å²) >= 11 is 1.27. The standard InChI is InChI=1S/C8H13NO5S/c1-14-7(11)3-5(8(12)13)9-6(10)4-15-2/h5H,3-4H2,1-2H3,(H,9,10)(H,12,13)/t5-/m0/s1. The van der Waals surface area contributed by atoms with Crippen LogP contribution in [0.5, 0.6) is 0 Å². The minimum Gasteiger partial charge on any atom is -0.480 e. The van der Waals surface area contributed by atoms with Crippen LogP contribution in [0.1, 0.15) is 6.42 Å². The van der Waals surface area contributed by atoms with Gasteiger partial charge in [-0.2, -0.15) is 11.8 Å². The molecule has 1 amide bonds. The van der Waals surface area contributed by atoms with Crippen molar-refractivity contribution in [3.8, 4) is 0 Å². The molecule has 0 radical (unpaired) electrons. The van der Waals surface area contributed by atoms with Gasteiger partial charge in [-0.25, -0.2) is 4.79 Å². The van der Waals surface area contributed by atoms with E-state index in [1.54, 1.807) is 6.26 Å². The van der Waals surface area contributed by atoms with Gasteiger partial charge in [-0.1, -0.05) is 0 Å². The number of aliphatic carboxylic acids is 1. The van der Waals surface area contributed by atoms with Crippen molar-refractivity contribution in [3.05, 3.63) is 0 Å². The maximum absolute atomic E-state index is 11.1. The molecule has 0 unspecified atom stereocenters. The predicted molar refractivity (Wildman–Crippen MR) is 54.6 cm³/mol. The Hall–Kier alpha value is -1.24. The number of rotatable bonds is 6. The molecule has 0 aromatic rings. The van der Waals surface area contributed by atoms with Crippen molar-refractivity contribution in [2.45, 2.75) is 12.5 Å². The Morgan fingerprint density at radius 3 is 2.47 bits per heavy atom. The number of methoxy groups -OCH3 is 1. The van der Waals surface area contributed by atoms with E-state index >= 15 is 0 Å². The normalized spacial score (nSPS) is 11.6. The highest BCUT2D eigenvalue weighted by Crippen LogP contribution is 1.97. The van der Waals surface area contributed by atoms with Gasteiger partial charge in [-0.15, -0.1) is 0 Å². The van der Waals surface area contributed by atoms with Crippen molar-refractivity contribution >= 4 is 29.6 Å². The maximum Gasteiger partial charge on any atom is 0.326 e. The first-order valence-corrected chi connectivity index (χ1v) is 5.48. The Kier molecular flexibility index (Phi) is 6.52. The van der Waals surface area contributed by atoms with Gasteiger partial charge in [-0.05, 0) is 6.26 Å². The number of hydrogen-bond donors (Lipinski definition) is 2. The monoisotopic (exact) mass is 235 g/mol. The second-order valence-electron chi connectivity index (χ2n) is 2.67. The van der Waals surface area contributed by atoms with Crippen LogP contribution in [0.4, 0.5) is 0 Å². The molecule has 15 heavy (non-hydrogen) atoms. The van der Waals surface area contributed by atoms with Gasteiger partial charge in [0.15, 0.2) is 0 Å². The van der Waals surface area contributed by atoms with Crippen LogP contribution in [-0.2, 0) is 19.1 Å². The molecule has 6 nitrogen and oxygen atoms in total. The van der Waals surface area contributed by atoms with E-state index in [1.807, 2.05) is 0 Å². The molecule has 86 valence electrons. The summed E-state index contributed by atoms with van der Waals surface area (Å²) in [5.74, 6) is -2.19. The van der Waals surface area contributed by atoms with Crippen LogP contribution < -0.4 is 5.32 Å². The zero-order chi connectivity index (χ0) is 11.8. The number of amides is 1. The molecule has 7 heteroatoms. The topological polar surface area (TPSA) is 92.7 Å². The number of nitrogens with one attached hydrogen (secondary N) is 1. The van der Waals surface area contributed by atoms with Gasteiger partial charge in [0, 0.05) is 0 Å². The van der Waals surface area contributed by atoms with Crippen LogP contribution in [0.2, 0.25) is 0 Å². The number of carbonyl (C=O) groups is 3. The Balaban J connectivity index is 4.22. The van der Waals surface area contributed by atoms with Crippen molar-refractivity contribution in [1.82, 2.24) is 5.32 Å². The van der Waals surface area contributed by atoms with Crippen molar-refractivity contribution in [1.29, 1.82) is 0 Å². The molecule has 0 saturated heterocycles. The van der Waals surface area contributed by atoms with Gasteiger partial charge in [0.05, 0.1) is 19.3 Å². The maximum atomic E-state index is 11.1. The Morgan fingerprint density at radius 2 is 2.07 bits per heavy atom. The molecule has 0 aliphatic rings. The second kappa shape index (κ2) is 7.10. The van der Waals surface area contributed by atoms with E-state index in [2.05, 4.69) is 10.1 Å². The first-order chi connectivity index (χ1) is 7.01. The summed E-state index contributed by atoms with van der Waals surface area (Å²) in [6, 6.07) is -1.22. The van der Waals surface area contributed by atoms with Crippen LogP contribution in [0, 0.1) is 0 Å². The number of ether oxygens (including phenoxy) is 1. The van der Waals surface area contributed by atoms with E-state index < -0.39 is 23.9 Å². The van der Waals surface area contributed by atoms with Gasteiger partial charge in [0.1, 0.15) is 6.04 Å². The van der Waals surface area contributed by atoms with Gasteiger partial charge >= 0.3 is 11.9 Å². The summed E-state index contributed by atoms with van der Waals surface area (Å²) in [5, 5.41) is 10.9. The third kappa shape index (κ3) is 5.95. The summed E-state index contributed by atoms with van der Waals surface area (Å²) in [6.45, 7) is 0. The highest BCUT2D eigenvalue weighted by Gasteiger charge is 2.23. The third-order valence-corrected chi connectivity index (χ3v) is 2.06. The van der Waals surface area contributed by atoms with Crippen LogP contribution in [-0.4, -0.2) is 48.1 Å².